The Morgan fingerprint density at radius 1 is 1.03 bits per heavy atom. The maximum atomic E-state index is 13.9. The van der Waals surface area contributed by atoms with Gasteiger partial charge in [-0.3, -0.25) is 9.59 Å². The van der Waals surface area contributed by atoms with Gasteiger partial charge in [-0.05, 0) is 51.0 Å². The number of allylic oxidation sites excluding steroid dienone is 3. The summed E-state index contributed by atoms with van der Waals surface area (Å²) >= 11 is 0. The van der Waals surface area contributed by atoms with Crippen LogP contribution in [0.5, 0.6) is 11.5 Å². The van der Waals surface area contributed by atoms with Crippen molar-refractivity contribution in [3.63, 3.8) is 0 Å². The molecule has 4 rings (SSSR count). The molecular formula is C28H35NO7. The number of ketones is 1. The largest absolute Gasteiger partial charge is 0.493 e. The van der Waals surface area contributed by atoms with Crippen LogP contribution in [0.3, 0.4) is 0 Å². The molecule has 0 aromatic heterocycles. The molecule has 1 N–H and O–H groups in total. The summed E-state index contributed by atoms with van der Waals surface area (Å²) in [5, 5.41) is 3.30. The summed E-state index contributed by atoms with van der Waals surface area (Å²) in [5.41, 5.74) is 2.65. The van der Waals surface area contributed by atoms with E-state index in [1.807, 2.05) is 19.9 Å². The van der Waals surface area contributed by atoms with E-state index >= 15 is 0 Å². The van der Waals surface area contributed by atoms with Gasteiger partial charge in [0.25, 0.3) is 0 Å². The molecule has 2 aliphatic carbocycles. The van der Waals surface area contributed by atoms with E-state index in [0.29, 0.717) is 46.0 Å². The normalized spacial score (nSPS) is 24.6. The zero-order valence-electron chi connectivity index (χ0n) is 21.6. The number of esters is 2. The molecule has 1 aromatic carbocycles. The topological polar surface area (TPSA) is 100 Å². The molecule has 0 spiro atoms. The highest BCUT2D eigenvalue weighted by Crippen LogP contribution is 2.49. The Balaban J connectivity index is 1.86. The number of carbonyl (C=O) groups excluding carboxylic acids is 3. The summed E-state index contributed by atoms with van der Waals surface area (Å²) in [6, 6.07) is 5.38. The number of hydrogen-bond acceptors (Lipinski definition) is 8. The van der Waals surface area contributed by atoms with Crippen LogP contribution in [0.25, 0.3) is 0 Å². The molecule has 1 aliphatic heterocycles. The lowest BCUT2D eigenvalue weighted by molar-refractivity contribution is -0.151. The first-order valence-electron chi connectivity index (χ1n) is 12.6. The lowest BCUT2D eigenvalue weighted by atomic mass is 9.69. The van der Waals surface area contributed by atoms with Gasteiger partial charge in [-0.2, -0.15) is 0 Å². The van der Waals surface area contributed by atoms with E-state index in [9.17, 15) is 14.4 Å². The molecule has 1 heterocycles. The molecule has 8 nitrogen and oxygen atoms in total. The van der Waals surface area contributed by atoms with Crippen LogP contribution in [0.4, 0.5) is 0 Å². The Morgan fingerprint density at radius 2 is 1.75 bits per heavy atom. The van der Waals surface area contributed by atoms with Crippen molar-refractivity contribution in [2.24, 2.45) is 11.8 Å². The number of methoxy groups -OCH3 is 3. The molecular weight excluding hydrogens is 462 g/mol. The van der Waals surface area contributed by atoms with Gasteiger partial charge in [0.2, 0.25) is 0 Å². The Bertz CT molecular complexity index is 1110. The molecule has 36 heavy (non-hydrogen) atoms. The quantitative estimate of drug-likeness (QED) is 0.461. The van der Waals surface area contributed by atoms with Crippen molar-refractivity contribution in [1.29, 1.82) is 0 Å². The molecule has 0 radical (unpaired) electrons. The van der Waals surface area contributed by atoms with Gasteiger partial charge in [-0.25, -0.2) is 4.79 Å². The van der Waals surface area contributed by atoms with Gasteiger partial charge in [0, 0.05) is 22.5 Å². The van der Waals surface area contributed by atoms with E-state index < -0.39 is 23.8 Å². The standard InChI is InChI=1S/C28H35NO7/c1-15-14-19-24(25(30)21(15)27(31)35-5)23(18-12-9-13-20(33-3)26(18)34-4)22(16(2)29-19)28(32)36-17-10-7-6-8-11-17/h9,12-13,15,17,21,23,29H,6-8,10-11,14H2,1-5H3/t15-,21+,23-/m0/s1. The van der Waals surface area contributed by atoms with E-state index in [2.05, 4.69) is 5.32 Å². The highest BCUT2D eigenvalue weighted by atomic mass is 16.5. The second-order valence-electron chi connectivity index (χ2n) is 9.78. The molecule has 0 unspecified atom stereocenters. The smallest absolute Gasteiger partial charge is 0.337 e. The third kappa shape index (κ3) is 4.61. The number of rotatable bonds is 6. The van der Waals surface area contributed by atoms with Crippen LogP contribution in [0.1, 0.15) is 63.9 Å². The van der Waals surface area contributed by atoms with E-state index in [1.54, 1.807) is 12.1 Å². The van der Waals surface area contributed by atoms with Crippen molar-refractivity contribution in [1.82, 2.24) is 5.32 Å². The Morgan fingerprint density at radius 3 is 2.39 bits per heavy atom. The predicted octanol–water partition coefficient (Wildman–Crippen LogP) is 4.19. The van der Waals surface area contributed by atoms with Gasteiger partial charge >= 0.3 is 11.9 Å². The number of nitrogens with one attached hydrogen (secondary N) is 1. The maximum Gasteiger partial charge on any atom is 0.337 e. The number of carbonyl (C=O) groups is 3. The molecule has 1 fully saturated rings. The molecule has 1 aromatic rings. The van der Waals surface area contributed by atoms with E-state index in [0.717, 1.165) is 32.1 Å². The van der Waals surface area contributed by atoms with Crippen LogP contribution < -0.4 is 14.8 Å². The summed E-state index contributed by atoms with van der Waals surface area (Å²) < 4.78 is 22.2. The van der Waals surface area contributed by atoms with Gasteiger partial charge in [0.1, 0.15) is 12.0 Å². The zero-order chi connectivity index (χ0) is 26.0. The first-order valence-corrected chi connectivity index (χ1v) is 12.6. The fraction of sp³-hybridized carbons (Fsp3) is 0.536. The van der Waals surface area contributed by atoms with Crippen molar-refractivity contribution in [3.05, 3.63) is 46.3 Å². The Kier molecular flexibility index (Phi) is 7.71. The van der Waals surface area contributed by atoms with E-state index in [-0.39, 0.29) is 17.8 Å². The van der Waals surface area contributed by atoms with Crippen LogP contribution in [0.2, 0.25) is 0 Å². The van der Waals surface area contributed by atoms with Gasteiger partial charge in [-0.15, -0.1) is 0 Å². The Hall–Kier alpha value is -3.29. The summed E-state index contributed by atoms with van der Waals surface area (Å²) in [5.74, 6) is -2.48. The van der Waals surface area contributed by atoms with Gasteiger partial charge < -0.3 is 24.3 Å². The summed E-state index contributed by atoms with van der Waals surface area (Å²) in [4.78, 5) is 40.3. The van der Waals surface area contributed by atoms with Gasteiger partial charge in [-0.1, -0.05) is 25.5 Å². The van der Waals surface area contributed by atoms with Crippen molar-refractivity contribution in [3.8, 4) is 11.5 Å². The highest BCUT2D eigenvalue weighted by molar-refractivity contribution is 6.12. The lowest BCUT2D eigenvalue weighted by Crippen LogP contribution is -2.43. The van der Waals surface area contributed by atoms with Gasteiger partial charge in [0.15, 0.2) is 17.3 Å². The van der Waals surface area contributed by atoms with Crippen molar-refractivity contribution in [2.45, 2.75) is 64.4 Å². The number of benzene rings is 1. The van der Waals surface area contributed by atoms with Crippen LogP contribution in [0, 0.1) is 11.8 Å². The molecule has 0 amide bonds. The minimum absolute atomic E-state index is 0.153. The zero-order valence-corrected chi connectivity index (χ0v) is 21.6. The average Bonchev–Trinajstić information content (AvgIpc) is 2.87. The molecule has 1 saturated carbocycles. The minimum Gasteiger partial charge on any atom is -0.493 e. The van der Waals surface area contributed by atoms with E-state index in [1.165, 1.54) is 21.3 Å². The number of hydrogen-bond donors (Lipinski definition) is 1. The molecule has 0 bridgehead atoms. The summed E-state index contributed by atoms with van der Waals surface area (Å²) in [7, 11) is 4.34. The number of dihydropyridines is 1. The predicted molar refractivity (Wildman–Crippen MR) is 132 cm³/mol. The minimum atomic E-state index is -0.955. The van der Waals surface area contributed by atoms with Gasteiger partial charge in [0.05, 0.1) is 32.8 Å². The second kappa shape index (κ2) is 10.8. The maximum absolute atomic E-state index is 13.9. The highest BCUT2D eigenvalue weighted by Gasteiger charge is 2.48. The molecule has 0 saturated heterocycles. The number of para-hydroxylation sites is 1. The molecule has 3 atom stereocenters. The lowest BCUT2D eigenvalue weighted by Gasteiger charge is -2.39. The monoisotopic (exact) mass is 497 g/mol. The first kappa shape index (κ1) is 25.8. The summed E-state index contributed by atoms with van der Waals surface area (Å²) in [6.45, 7) is 3.68. The molecule has 194 valence electrons. The third-order valence-electron chi connectivity index (χ3n) is 7.53. The van der Waals surface area contributed by atoms with Crippen LogP contribution in [-0.2, 0) is 23.9 Å². The van der Waals surface area contributed by atoms with Crippen molar-refractivity contribution < 1.29 is 33.3 Å². The van der Waals surface area contributed by atoms with Crippen LogP contribution in [0.15, 0.2) is 40.7 Å². The average molecular weight is 498 g/mol. The van der Waals surface area contributed by atoms with Crippen LogP contribution >= 0.6 is 0 Å². The van der Waals surface area contributed by atoms with Crippen LogP contribution in [-0.4, -0.2) is 45.2 Å². The summed E-state index contributed by atoms with van der Waals surface area (Å²) in [6.07, 6.45) is 5.15. The fourth-order valence-corrected chi connectivity index (χ4v) is 5.80. The van der Waals surface area contributed by atoms with Crippen molar-refractivity contribution in [2.75, 3.05) is 21.3 Å². The van der Waals surface area contributed by atoms with E-state index in [4.69, 9.17) is 18.9 Å². The SMILES string of the molecule is COC(=O)[C@H]1C(=O)C2=C(C[C@@H]1C)NC(C)=C(C(=O)OC1CCCCC1)[C@@H]2c1cccc(OC)c1OC. The Labute approximate surface area is 212 Å². The van der Waals surface area contributed by atoms with Crippen molar-refractivity contribution >= 4 is 17.7 Å². The number of ether oxygens (including phenoxy) is 4. The number of Topliss-reactive ketones (excluding diaryl/α,β-unsaturated/α-hetero) is 1. The molecule has 3 aliphatic rings. The fourth-order valence-electron chi connectivity index (χ4n) is 5.80. The molecule has 8 heteroatoms. The third-order valence-corrected chi connectivity index (χ3v) is 7.53. The second-order valence-corrected chi connectivity index (χ2v) is 9.78. The first-order chi connectivity index (χ1) is 17.3.